The molecule has 3 rings (SSSR count). The Morgan fingerprint density at radius 3 is 2.52 bits per heavy atom. The molecule has 0 fully saturated rings. The summed E-state index contributed by atoms with van der Waals surface area (Å²) < 4.78 is 21.2. The summed E-state index contributed by atoms with van der Waals surface area (Å²) in [6.45, 7) is 6.45. The fourth-order valence-corrected chi connectivity index (χ4v) is 3.60. The Kier molecular flexibility index (Phi) is 6.54. The third kappa shape index (κ3) is 4.23. The maximum Gasteiger partial charge on any atom is 0.355 e. The summed E-state index contributed by atoms with van der Waals surface area (Å²) >= 11 is 0. The van der Waals surface area contributed by atoms with Gasteiger partial charge in [-0.3, -0.25) is 4.79 Å². The average molecular weight is 432 g/mol. The topological polar surface area (TPSA) is 94.6 Å². The molecule has 0 atom stereocenters. The van der Waals surface area contributed by atoms with Crippen molar-refractivity contribution in [1.82, 2.24) is 0 Å². The quantitative estimate of drug-likeness (QED) is 0.654. The van der Waals surface area contributed by atoms with Crippen LogP contribution in [0, 0.1) is 5.41 Å². The van der Waals surface area contributed by atoms with Gasteiger partial charge in [0.05, 0.1) is 37.5 Å². The molecule has 168 valence electrons. The largest absolute Gasteiger partial charge is 0.490 e. The summed E-state index contributed by atoms with van der Waals surface area (Å²) in [6, 6.07) is 5.27. The minimum absolute atomic E-state index is 0.00900. The van der Waals surface area contributed by atoms with Gasteiger partial charge in [0.2, 0.25) is 5.91 Å². The van der Waals surface area contributed by atoms with Gasteiger partial charge >= 0.3 is 11.9 Å². The molecular weight excluding hydrogens is 404 g/mol. The lowest BCUT2D eigenvalue weighted by Gasteiger charge is -2.32. The van der Waals surface area contributed by atoms with E-state index in [2.05, 4.69) is 0 Å². The molecule has 2 heterocycles. The Bertz CT molecular complexity index is 922. The lowest BCUT2D eigenvalue weighted by Crippen LogP contribution is -2.42. The summed E-state index contributed by atoms with van der Waals surface area (Å²) in [5.41, 5.74) is 0.661. The van der Waals surface area contributed by atoms with Crippen molar-refractivity contribution in [2.75, 3.05) is 50.5 Å². The van der Waals surface area contributed by atoms with E-state index in [0.717, 1.165) is 6.42 Å². The molecule has 0 saturated carbocycles. The Hall–Kier alpha value is -3.07. The molecule has 0 unspecified atom stereocenters. The van der Waals surface area contributed by atoms with Crippen LogP contribution >= 0.6 is 0 Å². The van der Waals surface area contributed by atoms with Crippen molar-refractivity contribution < 1.29 is 33.3 Å². The summed E-state index contributed by atoms with van der Waals surface area (Å²) in [4.78, 5) is 41.0. The number of nitrogens with zero attached hydrogens (tertiary/aromatic N) is 2. The Morgan fingerprint density at radius 2 is 1.87 bits per heavy atom. The van der Waals surface area contributed by atoms with Gasteiger partial charge in [-0.25, -0.2) is 9.59 Å². The number of hydrogen-bond acceptors (Lipinski definition) is 8. The van der Waals surface area contributed by atoms with Crippen LogP contribution in [0.25, 0.3) is 0 Å². The fraction of sp³-hybridized carbons (Fsp3) is 0.500. The summed E-state index contributed by atoms with van der Waals surface area (Å²) in [5.74, 6) is -0.842. The lowest BCUT2D eigenvalue weighted by atomic mass is 9.93. The highest BCUT2D eigenvalue weighted by atomic mass is 16.5. The number of anilines is 2. The molecule has 1 aromatic carbocycles. The molecule has 2 aliphatic rings. The molecular formula is C22H28N2O7. The number of esters is 2. The van der Waals surface area contributed by atoms with Crippen LogP contribution in [0.4, 0.5) is 11.4 Å². The van der Waals surface area contributed by atoms with Crippen LogP contribution < -0.4 is 14.5 Å². The van der Waals surface area contributed by atoms with E-state index in [1.165, 1.54) is 19.1 Å². The van der Waals surface area contributed by atoms with Crippen LogP contribution in [0.3, 0.4) is 0 Å². The van der Waals surface area contributed by atoms with Crippen LogP contribution in [-0.4, -0.2) is 58.6 Å². The molecule has 31 heavy (non-hydrogen) atoms. The molecule has 0 saturated heterocycles. The van der Waals surface area contributed by atoms with E-state index in [9.17, 15) is 14.4 Å². The van der Waals surface area contributed by atoms with Crippen LogP contribution in [0.15, 0.2) is 29.5 Å². The fourth-order valence-electron chi connectivity index (χ4n) is 3.60. The van der Waals surface area contributed by atoms with Gasteiger partial charge in [0.15, 0.2) is 0 Å². The van der Waals surface area contributed by atoms with E-state index in [1.807, 2.05) is 20.8 Å². The van der Waals surface area contributed by atoms with Gasteiger partial charge in [0.1, 0.15) is 24.8 Å². The van der Waals surface area contributed by atoms with Gasteiger partial charge in [-0.2, -0.15) is 0 Å². The first-order valence-electron chi connectivity index (χ1n) is 10.1. The number of ether oxygens (including phenoxy) is 4. The van der Waals surface area contributed by atoms with Crippen molar-refractivity contribution in [3.05, 3.63) is 29.5 Å². The van der Waals surface area contributed by atoms with E-state index in [-0.39, 0.29) is 37.1 Å². The van der Waals surface area contributed by atoms with Crippen molar-refractivity contribution >= 4 is 29.2 Å². The highest BCUT2D eigenvalue weighted by Gasteiger charge is 2.38. The molecule has 0 aliphatic carbocycles. The highest BCUT2D eigenvalue weighted by Crippen LogP contribution is 2.40. The standard InChI is InChI=1S/C22H28N2O7/c1-6-9-23-16-8-7-14(10-17(16)31-12-22(2,3)21(23)27)24-13-30-11-15(19(25)28-4)18(24)20(26)29-5/h7-8,10H,6,9,11-13H2,1-5H3. The van der Waals surface area contributed by atoms with E-state index >= 15 is 0 Å². The van der Waals surface area contributed by atoms with E-state index in [4.69, 9.17) is 18.9 Å². The predicted molar refractivity (Wildman–Crippen MR) is 113 cm³/mol. The van der Waals surface area contributed by atoms with Gasteiger partial charge in [-0.05, 0) is 32.4 Å². The van der Waals surface area contributed by atoms with Gasteiger partial charge in [-0.15, -0.1) is 0 Å². The van der Waals surface area contributed by atoms with Crippen LogP contribution in [0.1, 0.15) is 27.2 Å². The zero-order chi connectivity index (χ0) is 22.8. The van der Waals surface area contributed by atoms with Crippen molar-refractivity contribution in [2.45, 2.75) is 27.2 Å². The number of hydrogen-bond donors (Lipinski definition) is 0. The number of methoxy groups -OCH3 is 2. The molecule has 0 bridgehead atoms. The third-order valence-electron chi connectivity index (χ3n) is 5.24. The number of carbonyl (C=O) groups is 3. The minimum atomic E-state index is -0.683. The van der Waals surface area contributed by atoms with Crippen molar-refractivity contribution in [2.24, 2.45) is 5.41 Å². The summed E-state index contributed by atoms with van der Waals surface area (Å²) in [6.07, 6.45) is 0.792. The molecule has 9 heteroatoms. The SMILES string of the molecule is CCCN1C(=O)C(C)(C)COc2cc(N3COCC(C(=O)OC)=C3C(=O)OC)ccc21. The van der Waals surface area contributed by atoms with Crippen LogP contribution in [0.5, 0.6) is 5.75 Å². The van der Waals surface area contributed by atoms with Gasteiger partial charge in [-0.1, -0.05) is 6.92 Å². The second-order valence-electron chi connectivity index (χ2n) is 8.00. The molecule has 1 amide bonds. The molecule has 0 aromatic heterocycles. The summed E-state index contributed by atoms with van der Waals surface area (Å²) in [5, 5.41) is 0. The van der Waals surface area contributed by atoms with Crippen LogP contribution in [0.2, 0.25) is 0 Å². The van der Waals surface area contributed by atoms with Crippen molar-refractivity contribution in [3.63, 3.8) is 0 Å². The summed E-state index contributed by atoms with van der Waals surface area (Å²) in [7, 11) is 2.48. The molecule has 0 radical (unpaired) electrons. The number of fused-ring (bicyclic) bond motifs is 1. The Morgan fingerprint density at radius 1 is 1.16 bits per heavy atom. The Labute approximate surface area is 181 Å². The predicted octanol–water partition coefficient (Wildman–Crippen LogP) is 2.24. The number of benzene rings is 1. The molecule has 1 aromatic rings. The van der Waals surface area contributed by atoms with Gasteiger partial charge in [0.25, 0.3) is 0 Å². The second-order valence-corrected chi connectivity index (χ2v) is 8.00. The van der Waals surface area contributed by atoms with Crippen LogP contribution in [-0.2, 0) is 28.6 Å². The van der Waals surface area contributed by atoms with E-state index < -0.39 is 17.4 Å². The maximum atomic E-state index is 13.0. The van der Waals surface area contributed by atoms with E-state index in [0.29, 0.717) is 23.7 Å². The minimum Gasteiger partial charge on any atom is -0.490 e. The average Bonchev–Trinajstić information content (AvgIpc) is 2.87. The lowest BCUT2D eigenvalue weighted by molar-refractivity contribution is -0.140. The maximum absolute atomic E-state index is 13.0. The molecule has 2 aliphatic heterocycles. The molecule has 9 nitrogen and oxygen atoms in total. The molecule has 0 spiro atoms. The second kappa shape index (κ2) is 8.97. The zero-order valence-corrected chi connectivity index (χ0v) is 18.5. The number of amides is 1. The molecule has 0 N–H and O–H groups in total. The number of rotatable bonds is 5. The monoisotopic (exact) mass is 432 g/mol. The normalized spacial score (nSPS) is 18.2. The van der Waals surface area contributed by atoms with Crippen molar-refractivity contribution in [3.8, 4) is 5.75 Å². The Balaban J connectivity index is 2.09. The van der Waals surface area contributed by atoms with Gasteiger partial charge in [0, 0.05) is 18.3 Å². The number of carbonyl (C=O) groups excluding carboxylic acids is 3. The van der Waals surface area contributed by atoms with Gasteiger partial charge < -0.3 is 28.7 Å². The smallest absolute Gasteiger partial charge is 0.355 e. The van der Waals surface area contributed by atoms with E-state index in [1.54, 1.807) is 23.1 Å². The third-order valence-corrected chi connectivity index (χ3v) is 5.24. The first kappa shape index (κ1) is 22.6. The first-order chi connectivity index (χ1) is 14.7. The zero-order valence-electron chi connectivity index (χ0n) is 18.5. The first-order valence-corrected chi connectivity index (χ1v) is 10.1. The highest BCUT2D eigenvalue weighted by molar-refractivity contribution is 6.04. The van der Waals surface area contributed by atoms with Crippen molar-refractivity contribution in [1.29, 1.82) is 0 Å².